The van der Waals surface area contributed by atoms with E-state index in [4.69, 9.17) is 0 Å². The summed E-state index contributed by atoms with van der Waals surface area (Å²) in [6.45, 7) is 5.89. The van der Waals surface area contributed by atoms with E-state index in [9.17, 15) is 9.90 Å². The number of nitrogens with zero attached hydrogens (tertiary/aromatic N) is 4. The number of fused-ring (bicyclic) bond motifs is 1. The summed E-state index contributed by atoms with van der Waals surface area (Å²) in [5.74, 6) is 0.447. The first-order valence-corrected chi connectivity index (χ1v) is 8.62. The molecule has 6 heteroatoms. The summed E-state index contributed by atoms with van der Waals surface area (Å²) < 4.78 is 3.99. The molecule has 24 heavy (non-hydrogen) atoms. The van der Waals surface area contributed by atoms with Crippen LogP contribution >= 0.6 is 0 Å². The van der Waals surface area contributed by atoms with Gasteiger partial charge in [0, 0.05) is 25.0 Å². The highest BCUT2D eigenvalue weighted by Crippen LogP contribution is 2.40. The molecule has 0 saturated heterocycles. The summed E-state index contributed by atoms with van der Waals surface area (Å²) in [4.78, 5) is 14.8. The molecule has 1 amide bonds. The molecule has 2 aliphatic rings. The van der Waals surface area contributed by atoms with Crippen molar-refractivity contribution in [3.8, 4) is 0 Å². The molecule has 4 rings (SSSR count). The molecular weight excluding hydrogens is 304 g/mol. The molecule has 1 aliphatic heterocycles. The third-order valence-electron chi connectivity index (χ3n) is 5.48. The zero-order chi connectivity index (χ0) is 17.0. The summed E-state index contributed by atoms with van der Waals surface area (Å²) in [6, 6.07) is 3.93. The van der Waals surface area contributed by atoms with Gasteiger partial charge in [-0.15, -0.1) is 0 Å². The first-order valence-electron chi connectivity index (χ1n) is 8.62. The second-order valence-electron chi connectivity index (χ2n) is 7.14. The van der Waals surface area contributed by atoms with Crippen LogP contribution in [-0.2, 0) is 20.1 Å². The van der Waals surface area contributed by atoms with Crippen LogP contribution in [0.25, 0.3) is 0 Å². The average Bonchev–Trinajstić information content (AvgIpc) is 3.29. The van der Waals surface area contributed by atoms with Gasteiger partial charge in [-0.3, -0.25) is 9.48 Å². The first-order chi connectivity index (χ1) is 11.5. The van der Waals surface area contributed by atoms with E-state index >= 15 is 0 Å². The number of aliphatic hydroxyl groups is 1. The number of rotatable bonds is 3. The van der Waals surface area contributed by atoms with Crippen molar-refractivity contribution in [2.45, 2.75) is 45.9 Å². The quantitative estimate of drug-likeness (QED) is 0.936. The van der Waals surface area contributed by atoms with Gasteiger partial charge in [-0.1, -0.05) is 0 Å². The lowest BCUT2D eigenvalue weighted by atomic mass is 10.1. The molecule has 1 N–H and O–H groups in total. The number of hydrogen-bond acceptors (Lipinski definition) is 3. The minimum Gasteiger partial charge on any atom is -0.386 e. The van der Waals surface area contributed by atoms with Crippen LogP contribution in [0.2, 0.25) is 0 Å². The summed E-state index contributed by atoms with van der Waals surface area (Å²) in [5, 5.41) is 14.8. The second-order valence-corrected chi connectivity index (χ2v) is 7.14. The highest BCUT2D eigenvalue weighted by Gasteiger charge is 2.34. The van der Waals surface area contributed by atoms with Crippen LogP contribution in [0.15, 0.2) is 12.1 Å². The third kappa shape index (κ3) is 2.45. The van der Waals surface area contributed by atoms with Crippen LogP contribution in [0, 0.1) is 19.8 Å². The lowest BCUT2D eigenvalue weighted by Gasteiger charge is -2.27. The predicted octanol–water partition coefficient (Wildman–Crippen LogP) is 1.94. The lowest BCUT2D eigenvalue weighted by molar-refractivity contribution is 0.0704. The molecule has 1 fully saturated rings. The number of aromatic nitrogens is 3. The molecule has 0 spiro atoms. The number of amides is 1. The van der Waals surface area contributed by atoms with Crippen LogP contribution in [0.4, 0.5) is 0 Å². The maximum absolute atomic E-state index is 12.9. The van der Waals surface area contributed by atoms with E-state index in [2.05, 4.69) is 5.10 Å². The van der Waals surface area contributed by atoms with E-state index in [0.717, 1.165) is 41.2 Å². The van der Waals surface area contributed by atoms with Crippen LogP contribution in [-0.4, -0.2) is 36.8 Å². The van der Waals surface area contributed by atoms with Gasteiger partial charge in [0.2, 0.25) is 0 Å². The molecule has 1 saturated carbocycles. The van der Waals surface area contributed by atoms with E-state index in [1.807, 2.05) is 47.2 Å². The van der Waals surface area contributed by atoms with E-state index in [0.29, 0.717) is 25.6 Å². The molecule has 0 bridgehead atoms. The molecule has 3 heterocycles. The minimum atomic E-state index is -0.453. The van der Waals surface area contributed by atoms with E-state index in [-0.39, 0.29) is 5.91 Å². The summed E-state index contributed by atoms with van der Waals surface area (Å²) in [5.41, 5.74) is 4.64. The van der Waals surface area contributed by atoms with Gasteiger partial charge in [0.15, 0.2) is 0 Å². The maximum Gasteiger partial charge on any atom is 0.256 e. The van der Waals surface area contributed by atoms with Crippen molar-refractivity contribution in [1.82, 2.24) is 19.2 Å². The van der Waals surface area contributed by atoms with Crippen LogP contribution in [0.1, 0.15) is 52.1 Å². The van der Waals surface area contributed by atoms with Gasteiger partial charge in [-0.25, -0.2) is 0 Å². The molecule has 1 aliphatic carbocycles. The van der Waals surface area contributed by atoms with Gasteiger partial charge >= 0.3 is 0 Å². The fraction of sp³-hybridized carbons (Fsp3) is 0.556. The molecule has 2 aromatic rings. The Bertz CT molecular complexity index is 800. The largest absolute Gasteiger partial charge is 0.386 e. The zero-order valence-corrected chi connectivity index (χ0v) is 14.5. The topological polar surface area (TPSA) is 63.3 Å². The molecule has 1 atom stereocenters. The molecule has 2 aromatic heterocycles. The van der Waals surface area contributed by atoms with Gasteiger partial charge in [0.05, 0.1) is 30.0 Å². The summed E-state index contributed by atoms with van der Waals surface area (Å²) in [6.07, 6.45) is 1.72. The van der Waals surface area contributed by atoms with E-state index in [1.54, 1.807) is 0 Å². The fourth-order valence-corrected chi connectivity index (χ4v) is 3.50. The fourth-order valence-electron chi connectivity index (χ4n) is 3.50. The Balaban J connectivity index is 1.55. The first kappa shape index (κ1) is 15.4. The van der Waals surface area contributed by atoms with Crippen molar-refractivity contribution in [3.05, 3.63) is 40.5 Å². The second kappa shape index (κ2) is 5.48. The number of aliphatic hydroxyl groups excluding tert-OH is 1. The van der Waals surface area contributed by atoms with Crippen molar-refractivity contribution in [1.29, 1.82) is 0 Å². The zero-order valence-electron chi connectivity index (χ0n) is 14.5. The van der Waals surface area contributed by atoms with Crippen molar-refractivity contribution in [2.24, 2.45) is 13.0 Å². The normalized spacial score (nSPS) is 18.6. The number of carbonyl (C=O) groups excluding carboxylic acids is 1. The maximum atomic E-state index is 12.9. The highest BCUT2D eigenvalue weighted by molar-refractivity contribution is 5.95. The summed E-state index contributed by atoms with van der Waals surface area (Å²) in [7, 11) is 1.98. The lowest BCUT2D eigenvalue weighted by Crippen LogP contribution is -2.38. The monoisotopic (exact) mass is 328 g/mol. The Morgan fingerprint density at radius 1 is 1.29 bits per heavy atom. The van der Waals surface area contributed by atoms with Crippen molar-refractivity contribution < 1.29 is 9.90 Å². The molecular formula is C18H24N4O2. The minimum absolute atomic E-state index is 0.0768. The number of carbonyl (C=O) groups is 1. The molecule has 0 aromatic carbocycles. The Kier molecular flexibility index (Phi) is 3.53. The van der Waals surface area contributed by atoms with E-state index < -0.39 is 6.10 Å². The van der Waals surface area contributed by atoms with Crippen LogP contribution in [0.3, 0.4) is 0 Å². The van der Waals surface area contributed by atoms with Crippen molar-refractivity contribution in [2.75, 3.05) is 6.54 Å². The van der Waals surface area contributed by atoms with Crippen LogP contribution in [0.5, 0.6) is 0 Å². The van der Waals surface area contributed by atoms with Gasteiger partial charge in [0.25, 0.3) is 5.91 Å². The smallest absolute Gasteiger partial charge is 0.256 e. The van der Waals surface area contributed by atoms with Crippen molar-refractivity contribution in [3.63, 3.8) is 0 Å². The molecule has 0 radical (unpaired) electrons. The predicted molar refractivity (Wildman–Crippen MR) is 89.5 cm³/mol. The molecule has 128 valence electrons. The van der Waals surface area contributed by atoms with E-state index in [1.165, 1.54) is 0 Å². The number of aryl methyl sites for hydroxylation is 1. The molecule has 6 nitrogen and oxygen atoms in total. The van der Waals surface area contributed by atoms with Crippen LogP contribution < -0.4 is 0 Å². The standard InChI is InChI=1S/C18H24N4O2/c1-11-8-15(12(2)20(11)3)18(24)21-6-7-22-14(10-21)9-16(19-22)17(23)13-4-5-13/h8-9,13,17,23H,4-7,10H2,1-3H3/t17-/m0/s1. The number of hydrogen-bond donors (Lipinski definition) is 1. The Hall–Kier alpha value is -2.08. The highest BCUT2D eigenvalue weighted by atomic mass is 16.3. The SMILES string of the molecule is Cc1cc(C(=O)N2CCn3nc([C@@H](O)C4CC4)cc3C2)c(C)n1C. The van der Waals surface area contributed by atoms with Gasteiger partial charge in [-0.05, 0) is 44.7 Å². The summed E-state index contributed by atoms with van der Waals surface area (Å²) >= 11 is 0. The Labute approximate surface area is 141 Å². The third-order valence-corrected chi connectivity index (χ3v) is 5.48. The Morgan fingerprint density at radius 3 is 2.67 bits per heavy atom. The van der Waals surface area contributed by atoms with Gasteiger partial charge in [-0.2, -0.15) is 5.10 Å². The average molecular weight is 328 g/mol. The molecule has 0 unspecified atom stereocenters. The van der Waals surface area contributed by atoms with Gasteiger partial charge in [0.1, 0.15) is 6.10 Å². The Morgan fingerprint density at radius 2 is 2.04 bits per heavy atom. The van der Waals surface area contributed by atoms with Gasteiger partial charge < -0.3 is 14.6 Å². The van der Waals surface area contributed by atoms with Crippen molar-refractivity contribution >= 4 is 5.91 Å².